The highest BCUT2D eigenvalue weighted by Gasteiger charge is 2.14. The van der Waals surface area contributed by atoms with Crippen molar-refractivity contribution in [2.24, 2.45) is 0 Å². The van der Waals surface area contributed by atoms with Crippen molar-refractivity contribution in [1.29, 1.82) is 0 Å². The lowest BCUT2D eigenvalue weighted by molar-refractivity contribution is -0.131. The van der Waals surface area contributed by atoms with E-state index >= 15 is 0 Å². The van der Waals surface area contributed by atoms with E-state index in [0.29, 0.717) is 5.91 Å². The lowest BCUT2D eigenvalue weighted by Gasteiger charge is -2.27. The third-order valence-corrected chi connectivity index (χ3v) is 2.71. The van der Waals surface area contributed by atoms with Gasteiger partial charge in [-0.3, -0.25) is 4.79 Å². The summed E-state index contributed by atoms with van der Waals surface area (Å²) in [4.78, 5) is 13.6. The standard InChI is InChI=1S/C11H22N2O/c1-2-3-4-5-6-11(14)13-9-7-12-8-10-13/h12H,2-10H2,1H3. The average molecular weight is 198 g/mol. The number of hydrogen-bond acceptors (Lipinski definition) is 2. The zero-order valence-corrected chi connectivity index (χ0v) is 9.22. The van der Waals surface area contributed by atoms with Gasteiger partial charge >= 0.3 is 0 Å². The normalized spacial score (nSPS) is 17.1. The molecular formula is C11H22N2O. The van der Waals surface area contributed by atoms with Gasteiger partial charge in [0.2, 0.25) is 5.91 Å². The summed E-state index contributed by atoms with van der Waals surface area (Å²) >= 11 is 0. The molecule has 1 heterocycles. The highest BCUT2D eigenvalue weighted by atomic mass is 16.2. The Labute approximate surface area is 86.9 Å². The molecule has 1 rings (SSSR count). The summed E-state index contributed by atoms with van der Waals surface area (Å²) in [6.07, 6.45) is 5.52. The molecule has 14 heavy (non-hydrogen) atoms. The molecule has 3 heteroatoms. The summed E-state index contributed by atoms with van der Waals surface area (Å²) in [5, 5.41) is 3.25. The summed E-state index contributed by atoms with van der Waals surface area (Å²) in [5.41, 5.74) is 0. The van der Waals surface area contributed by atoms with E-state index < -0.39 is 0 Å². The van der Waals surface area contributed by atoms with E-state index in [0.717, 1.165) is 39.0 Å². The number of carbonyl (C=O) groups is 1. The van der Waals surface area contributed by atoms with Gasteiger partial charge in [-0.25, -0.2) is 0 Å². The van der Waals surface area contributed by atoms with Crippen molar-refractivity contribution >= 4 is 5.91 Å². The predicted octanol–water partition coefficient (Wildman–Crippen LogP) is 1.39. The van der Waals surface area contributed by atoms with Crippen molar-refractivity contribution in [3.63, 3.8) is 0 Å². The monoisotopic (exact) mass is 198 g/mol. The Hall–Kier alpha value is -0.570. The fourth-order valence-corrected chi connectivity index (χ4v) is 1.78. The molecule has 1 aliphatic heterocycles. The number of unbranched alkanes of at least 4 members (excludes halogenated alkanes) is 3. The van der Waals surface area contributed by atoms with E-state index in [1.165, 1.54) is 19.3 Å². The summed E-state index contributed by atoms with van der Waals surface area (Å²) in [7, 11) is 0. The van der Waals surface area contributed by atoms with Gasteiger partial charge in [-0.05, 0) is 6.42 Å². The molecule has 1 saturated heterocycles. The Morgan fingerprint density at radius 3 is 2.57 bits per heavy atom. The Bertz CT molecular complexity index is 165. The zero-order valence-electron chi connectivity index (χ0n) is 9.22. The molecule has 0 radical (unpaired) electrons. The van der Waals surface area contributed by atoms with Crippen LogP contribution in [0.25, 0.3) is 0 Å². The molecule has 1 N–H and O–H groups in total. The quantitative estimate of drug-likeness (QED) is 0.677. The number of hydrogen-bond donors (Lipinski definition) is 1. The minimum atomic E-state index is 0.350. The molecule has 0 aromatic carbocycles. The number of rotatable bonds is 5. The molecule has 3 nitrogen and oxygen atoms in total. The maximum atomic E-state index is 11.7. The predicted molar refractivity (Wildman–Crippen MR) is 58.2 cm³/mol. The van der Waals surface area contributed by atoms with Crippen LogP contribution in [0.1, 0.15) is 39.0 Å². The van der Waals surface area contributed by atoms with Crippen LogP contribution >= 0.6 is 0 Å². The van der Waals surface area contributed by atoms with E-state index in [-0.39, 0.29) is 0 Å². The second-order valence-electron chi connectivity index (χ2n) is 3.94. The first-order valence-corrected chi connectivity index (χ1v) is 5.83. The minimum absolute atomic E-state index is 0.350. The van der Waals surface area contributed by atoms with Crippen LogP contribution in [0.15, 0.2) is 0 Å². The molecule has 0 saturated carbocycles. The van der Waals surface area contributed by atoms with Gasteiger partial charge in [0, 0.05) is 32.6 Å². The fraction of sp³-hybridized carbons (Fsp3) is 0.909. The van der Waals surface area contributed by atoms with E-state index in [1.54, 1.807) is 0 Å². The van der Waals surface area contributed by atoms with Gasteiger partial charge in [-0.2, -0.15) is 0 Å². The maximum Gasteiger partial charge on any atom is 0.222 e. The maximum absolute atomic E-state index is 11.7. The van der Waals surface area contributed by atoms with E-state index in [1.807, 2.05) is 4.90 Å². The van der Waals surface area contributed by atoms with Gasteiger partial charge in [-0.1, -0.05) is 26.2 Å². The van der Waals surface area contributed by atoms with Crippen LogP contribution in [0.4, 0.5) is 0 Å². The first kappa shape index (κ1) is 11.5. The van der Waals surface area contributed by atoms with Gasteiger partial charge < -0.3 is 10.2 Å². The molecular weight excluding hydrogens is 176 g/mol. The van der Waals surface area contributed by atoms with Crippen LogP contribution in [0.5, 0.6) is 0 Å². The number of nitrogens with zero attached hydrogens (tertiary/aromatic N) is 1. The number of carbonyl (C=O) groups excluding carboxylic acids is 1. The molecule has 0 aliphatic carbocycles. The van der Waals surface area contributed by atoms with Gasteiger partial charge in [0.1, 0.15) is 0 Å². The van der Waals surface area contributed by atoms with Crippen LogP contribution in [0.2, 0.25) is 0 Å². The molecule has 1 fully saturated rings. The Kier molecular flexibility index (Phi) is 5.60. The average Bonchev–Trinajstić information content (AvgIpc) is 2.25. The molecule has 1 aliphatic rings. The SMILES string of the molecule is CCCCCCC(=O)N1CCNCC1. The molecule has 0 aromatic heterocycles. The molecule has 82 valence electrons. The molecule has 1 amide bonds. The molecule has 0 spiro atoms. The van der Waals surface area contributed by atoms with Crippen LogP contribution in [-0.2, 0) is 4.79 Å². The smallest absolute Gasteiger partial charge is 0.222 e. The van der Waals surface area contributed by atoms with Crippen molar-refractivity contribution in [1.82, 2.24) is 10.2 Å². The summed E-state index contributed by atoms with van der Waals surface area (Å²) in [6, 6.07) is 0. The molecule has 0 atom stereocenters. The van der Waals surface area contributed by atoms with Crippen molar-refractivity contribution < 1.29 is 4.79 Å². The van der Waals surface area contributed by atoms with Crippen molar-refractivity contribution in [3.05, 3.63) is 0 Å². The van der Waals surface area contributed by atoms with Gasteiger partial charge in [0.05, 0.1) is 0 Å². The molecule has 0 unspecified atom stereocenters. The third-order valence-electron chi connectivity index (χ3n) is 2.71. The van der Waals surface area contributed by atoms with E-state index in [4.69, 9.17) is 0 Å². The van der Waals surface area contributed by atoms with Crippen molar-refractivity contribution in [2.45, 2.75) is 39.0 Å². The van der Waals surface area contributed by atoms with Crippen LogP contribution in [0.3, 0.4) is 0 Å². The third kappa shape index (κ3) is 4.09. The largest absolute Gasteiger partial charge is 0.340 e. The minimum Gasteiger partial charge on any atom is -0.340 e. The second kappa shape index (κ2) is 6.82. The lowest BCUT2D eigenvalue weighted by atomic mass is 10.1. The highest BCUT2D eigenvalue weighted by Crippen LogP contribution is 2.05. The van der Waals surface area contributed by atoms with Crippen LogP contribution in [-0.4, -0.2) is 37.0 Å². The van der Waals surface area contributed by atoms with Gasteiger partial charge in [-0.15, -0.1) is 0 Å². The molecule has 0 bridgehead atoms. The van der Waals surface area contributed by atoms with Gasteiger partial charge in [0.25, 0.3) is 0 Å². The first-order chi connectivity index (χ1) is 6.84. The van der Waals surface area contributed by atoms with Crippen molar-refractivity contribution in [2.75, 3.05) is 26.2 Å². The van der Waals surface area contributed by atoms with Crippen molar-refractivity contribution in [3.8, 4) is 0 Å². The van der Waals surface area contributed by atoms with E-state index in [9.17, 15) is 4.79 Å². The fourth-order valence-electron chi connectivity index (χ4n) is 1.78. The Morgan fingerprint density at radius 1 is 1.21 bits per heavy atom. The van der Waals surface area contributed by atoms with Crippen LogP contribution in [0, 0.1) is 0 Å². The van der Waals surface area contributed by atoms with Gasteiger partial charge in [0.15, 0.2) is 0 Å². The Balaban J connectivity index is 2.07. The zero-order chi connectivity index (χ0) is 10.2. The Morgan fingerprint density at radius 2 is 1.93 bits per heavy atom. The first-order valence-electron chi connectivity index (χ1n) is 5.83. The number of amides is 1. The van der Waals surface area contributed by atoms with E-state index in [2.05, 4.69) is 12.2 Å². The number of piperazine rings is 1. The topological polar surface area (TPSA) is 32.3 Å². The number of nitrogens with one attached hydrogen (secondary N) is 1. The summed E-state index contributed by atoms with van der Waals surface area (Å²) < 4.78 is 0. The lowest BCUT2D eigenvalue weighted by Crippen LogP contribution is -2.46. The summed E-state index contributed by atoms with van der Waals surface area (Å²) in [6.45, 7) is 5.90. The molecule has 0 aromatic rings. The second-order valence-corrected chi connectivity index (χ2v) is 3.94. The highest BCUT2D eigenvalue weighted by molar-refractivity contribution is 5.76. The van der Waals surface area contributed by atoms with Crippen LogP contribution < -0.4 is 5.32 Å². The summed E-state index contributed by atoms with van der Waals surface area (Å²) in [5.74, 6) is 0.350.